The molecule has 0 aliphatic carbocycles. The molecule has 1 aromatic carbocycles. The fraction of sp³-hybridized carbons (Fsp3) is 0.158. The molecule has 0 radical (unpaired) electrons. The number of hydrogen-bond acceptors (Lipinski definition) is 3. The van der Waals surface area contributed by atoms with E-state index in [0.29, 0.717) is 6.61 Å². The summed E-state index contributed by atoms with van der Waals surface area (Å²) in [6, 6.07) is 14.4. The minimum atomic E-state index is 0.676. The van der Waals surface area contributed by atoms with Gasteiger partial charge >= 0.3 is 0 Å². The van der Waals surface area contributed by atoms with E-state index in [1.807, 2.05) is 31.2 Å². The molecule has 0 N–H and O–H groups in total. The van der Waals surface area contributed by atoms with Gasteiger partial charge in [-0.25, -0.2) is 0 Å². The van der Waals surface area contributed by atoms with E-state index in [4.69, 9.17) is 9.15 Å². The summed E-state index contributed by atoms with van der Waals surface area (Å²) in [6.45, 7) is 6.45. The maximum atomic E-state index is 6.04. The molecule has 0 aliphatic heterocycles. The van der Waals surface area contributed by atoms with Crippen molar-refractivity contribution in [1.82, 2.24) is 0 Å². The Labute approximate surface area is 134 Å². The third-order valence-electron chi connectivity index (χ3n) is 3.35. The van der Waals surface area contributed by atoms with Gasteiger partial charge in [-0.1, -0.05) is 24.3 Å². The van der Waals surface area contributed by atoms with E-state index in [-0.39, 0.29) is 0 Å². The molecule has 2 heterocycles. The summed E-state index contributed by atoms with van der Waals surface area (Å²) in [5, 5.41) is 2.06. The highest BCUT2D eigenvalue weighted by atomic mass is 32.1. The minimum Gasteiger partial charge on any atom is -0.494 e. The summed E-state index contributed by atoms with van der Waals surface area (Å²) in [5.74, 6) is 2.75. The van der Waals surface area contributed by atoms with Gasteiger partial charge < -0.3 is 9.15 Å². The van der Waals surface area contributed by atoms with Crippen LogP contribution in [-0.4, -0.2) is 6.61 Å². The molecule has 0 spiro atoms. The van der Waals surface area contributed by atoms with Gasteiger partial charge in [0.15, 0.2) is 5.76 Å². The average molecular weight is 310 g/mol. The molecule has 3 heteroatoms. The Morgan fingerprint density at radius 3 is 2.68 bits per heavy atom. The van der Waals surface area contributed by atoms with Crippen molar-refractivity contribution in [3.05, 3.63) is 66.3 Å². The number of ether oxygens (including phenoxy) is 1. The largest absolute Gasteiger partial charge is 0.494 e. The SMILES string of the molecule is C=CCc1cc(-c2ccc(OCC)cc2)c(-c2cccs2)o1. The first-order valence-electron chi connectivity index (χ1n) is 7.32. The third kappa shape index (κ3) is 3.00. The molecular weight excluding hydrogens is 292 g/mol. The molecular formula is C19H18O2S. The summed E-state index contributed by atoms with van der Waals surface area (Å²) in [5.41, 5.74) is 2.24. The number of hydrogen-bond donors (Lipinski definition) is 0. The van der Waals surface area contributed by atoms with Crippen molar-refractivity contribution >= 4 is 11.3 Å². The van der Waals surface area contributed by atoms with E-state index in [1.54, 1.807) is 11.3 Å². The Bertz CT molecular complexity index is 736. The monoisotopic (exact) mass is 310 g/mol. The second kappa shape index (κ2) is 6.67. The van der Waals surface area contributed by atoms with Gasteiger partial charge in [-0.3, -0.25) is 0 Å². The summed E-state index contributed by atoms with van der Waals surface area (Å²) in [6.07, 6.45) is 2.59. The molecule has 3 rings (SSSR count). The molecule has 112 valence electrons. The summed E-state index contributed by atoms with van der Waals surface area (Å²) < 4.78 is 11.5. The highest BCUT2D eigenvalue weighted by Gasteiger charge is 2.15. The van der Waals surface area contributed by atoms with E-state index in [1.165, 1.54) is 0 Å². The van der Waals surface area contributed by atoms with Gasteiger partial charge in [0.05, 0.1) is 11.5 Å². The van der Waals surface area contributed by atoms with Gasteiger partial charge in [0.25, 0.3) is 0 Å². The van der Waals surface area contributed by atoms with Crippen molar-refractivity contribution in [1.29, 1.82) is 0 Å². The summed E-state index contributed by atoms with van der Waals surface area (Å²) in [4.78, 5) is 1.14. The second-order valence-electron chi connectivity index (χ2n) is 4.88. The first-order chi connectivity index (χ1) is 10.8. The molecule has 2 aromatic heterocycles. The van der Waals surface area contributed by atoms with Crippen LogP contribution in [0.25, 0.3) is 21.8 Å². The van der Waals surface area contributed by atoms with Crippen LogP contribution in [-0.2, 0) is 6.42 Å². The third-order valence-corrected chi connectivity index (χ3v) is 4.22. The lowest BCUT2D eigenvalue weighted by Crippen LogP contribution is -1.90. The van der Waals surface area contributed by atoms with Gasteiger partial charge in [0.1, 0.15) is 11.5 Å². The Hall–Kier alpha value is -2.26. The Morgan fingerprint density at radius 1 is 1.23 bits per heavy atom. The lowest BCUT2D eigenvalue weighted by molar-refractivity contribution is 0.340. The smallest absolute Gasteiger partial charge is 0.152 e. The van der Waals surface area contributed by atoms with E-state index in [0.717, 1.165) is 39.7 Å². The fourth-order valence-electron chi connectivity index (χ4n) is 2.39. The lowest BCUT2D eigenvalue weighted by Gasteiger charge is -2.05. The normalized spacial score (nSPS) is 10.6. The van der Waals surface area contributed by atoms with Gasteiger partial charge in [0, 0.05) is 12.0 Å². The predicted octanol–water partition coefficient (Wildman–Crippen LogP) is 5.80. The van der Waals surface area contributed by atoms with Crippen LogP contribution in [0, 0.1) is 0 Å². The number of thiophene rings is 1. The van der Waals surface area contributed by atoms with Crippen LogP contribution in [0.15, 0.2) is 64.9 Å². The Morgan fingerprint density at radius 2 is 2.05 bits per heavy atom. The highest BCUT2D eigenvalue weighted by molar-refractivity contribution is 7.13. The zero-order chi connectivity index (χ0) is 15.4. The molecule has 0 saturated carbocycles. The molecule has 0 saturated heterocycles. The van der Waals surface area contributed by atoms with Crippen molar-refractivity contribution in [3.63, 3.8) is 0 Å². The standard InChI is InChI=1S/C19H18O2S/c1-3-6-16-13-17(19(21-16)18-7-5-12-22-18)14-8-10-15(11-9-14)20-4-2/h3,5,7-13H,1,4,6H2,2H3. The zero-order valence-electron chi connectivity index (χ0n) is 12.5. The van der Waals surface area contributed by atoms with Crippen molar-refractivity contribution in [2.24, 2.45) is 0 Å². The Kier molecular flexibility index (Phi) is 4.45. The molecule has 0 atom stereocenters. The van der Waals surface area contributed by atoms with E-state index in [2.05, 4.69) is 36.2 Å². The van der Waals surface area contributed by atoms with Crippen LogP contribution in [0.5, 0.6) is 5.75 Å². The number of rotatable bonds is 6. The molecule has 0 bridgehead atoms. The maximum absolute atomic E-state index is 6.04. The van der Waals surface area contributed by atoms with Crippen LogP contribution < -0.4 is 4.74 Å². The van der Waals surface area contributed by atoms with Crippen molar-refractivity contribution in [3.8, 4) is 27.5 Å². The zero-order valence-corrected chi connectivity index (χ0v) is 13.4. The van der Waals surface area contributed by atoms with E-state index < -0.39 is 0 Å². The average Bonchev–Trinajstić information content (AvgIpc) is 3.18. The summed E-state index contributed by atoms with van der Waals surface area (Å²) >= 11 is 1.68. The highest BCUT2D eigenvalue weighted by Crippen LogP contribution is 2.38. The summed E-state index contributed by atoms with van der Waals surface area (Å²) in [7, 11) is 0. The number of benzene rings is 1. The van der Waals surface area contributed by atoms with Crippen LogP contribution >= 0.6 is 11.3 Å². The van der Waals surface area contributed by atoms with Crippen molar-refractivity contribution in [2.45, 2.75) is 13.3 Å². The number of furan rings is 1. The van der Waals surface area contributed by atoms with Gasteiger partial charge in [-0.15, -0.1) is 17.9 Å². The molecule has 0 amide bonds. The molecule has 3 aromatic rings. The lowest BCUT2D eigenvalue weighted by atomic mass is 10.0. The fourth-order valence-corrected chi connectivity index (χ4v) is 3.11. The Balaban J connectivity index is 2.02. The van der Waals surface area contributed by atoms with E-state index in [9.17, 15) is 0 Å². The van der Waals surface area contributed by atoms with Crippen LogP contribution in [0.2, 0.25) is 0 Å². The van der Waals surface area contributed by atoms with Gasteiger partial charge in [-0.05, 0) is 42.1 Å². The van der Waals surface area contributed by atoms with Crippen LogP contribution in [0.1, 0.15) is 12.7 Å². The first-order valence-corrected chi connectivity index (χ1v) is 8.20. The molecule has 22 heavy (non-hydrogen) atoms. The van der Waals surface area contributed by atoms with E-state index >= 15 is 0 Å². The molecule has 0 fully saturated rings. The molecule has 2 nitrogen and oxygen atoms in total. The topological polar surface area (TPSA) is 22.4 Å². The second-order valence-corrected chi connectivity index (χ2v) is 5.83. The van der Waals surface area contributed by atoms with Crippen molar-refractivity contribution in [2.75, 3.05) is 6.61 Å². The molecule has 0 aliphatic rings. The van der Waals surface area contributed by atoms with Gasteiger partial charge in [0.2, 0.25) is 0 Å². The first kappa shape index (κ1) is 14.7. The van der Waals surface area contributed by atoms with Crippen LogP contribution in [0.4, 0.5) is 0 Å². The predicted molar refractivity (Wildman–Crippen MR) is 92.5 cm³/mol. The van der Waals surface area contributed by atoms with Crippen molar-refractivity contribution < 1.29 is 9.15 Å². The van der Waals surface area contributed by atoms with Crippen LogP contribution in [0.3, 0.4) is 0 Å². The van der Waals surface area contributed by atoms with Gasteiger partial charge in [-0.2, -0.15) is 0 Å². The number of allylic oxidation sites excluding steroid dienone is 1. The quantitative estimate of drug-likeness (QED) is 0.537. The minimum absolute atomic E-state index is 0.676. The molecule has 0 unspecified atom stereocenters. The maximum Gasteiger partial charge on any atom is 0.152 e.